The number of rotatable bonds is 0. The Kier molecular flexibility index (Phi) is 6.68. The lowest BCUT2D eigenvalue weighted by molar-refractivity contribution is 0.339. The highest BCUT2D eigenvalue weighted by Gasteiger charge is 2.14. The van der Waals surface area contributed by atoms with Crippen LogP contribution in [0, 0.1) is 10.8 Å². The molecule has 0 saturated carbocycles. The molecule has 2 heteroatoms. The molecule has 0 aromatic heterocycles. The summed E-state index contributed by atoms with van der Waals surface area (Å²) in [6.45, 7) is 16.9. The maximum absolute atomic E-state index is 5.57. The SMILES string of the molecule is CC(N)C(C)(C)C.CC(N)C(C)(C)C. The van der Waals surface area contributed by atoms with Crippen LogP contribution in [0.1, 0.15) is 55.4 Å². The van der Waals surface area contributed by atoms with Crippen molar-refractivity contribution < 1.29 is 0 Å². The summed E-state index contributed by atoms with van der Waals surface area (Å²) in [6.07, 6.45) is 0. The van der Waals surface area contributed by atoms with Gasteiger partial charge in [-0.1, -0.05) is 41.5 Å². The van der Waals surface area contributed by atoms with Gasteiger partial charge in [0.1, 0.15) is 0 Å². The van der Waals surface area contributed by atoms with Gasteiger partial charge in [0.05, 0.1) is 0 Å². The molecule has 0 aliphatic carbocycles. The summed E-state index contributed by atoms with van der Waals surface area (Å²) < 4.78 is 0. The Balaban J connectivity index is 0. The van der Waals surface area contributed by atoms with Crippen LogP contribution >= 0.6 is 0 Å². The smallest absolute Gasteiger partial charge is 0.00591 e. The van der Waals surface area contributed by atoms with E-state index in [-0.39, 0.29) is 10.8 Å². The molecule has 2 unspecified atom stereocenters. The third-order valence-electron chi connectivity index (χ3n) is 2.73. The van der Waals surface area contributed by atoms with Crippen LogP contribution < -0.4 is 11.5 Å². The number of hydrogen-bond donors (Lipinski definition) is 2. The minimum Gasteiger partial charge on any atom is -0.327 e. The Bertz CT molecular complexity index is 117. The van der Waals surface area contributed by atoms with E-state index in [1.807, 2.05) is 13.8 Å². The minimum atomic E-state index is 0.278. The first kappa shape index (κ1) is 16.4. The van der Waals surface area contributed by atoms with E-state index < -0.39 is 0 Å². The van der Waals surface area contributed by atoms with E-state index in [2.05, 4.69) is 41.5 Å². The van der Waals surface area contributed by atoms with E-state index in [1.165, 1.54) is 0 Å². The van der Waals surface area contributed by atoms with Crippen molar-refractivity contribution in [2.24, 2.45) is 22.3 Å². The monoisotopic (exact) mass is 202 g/mol. The van der Waals surface area contributed by atoms with Crippen LogP contribution in [0.3, 0.4) is 0 Å². The zero-order valence-electron chi connectivity index (χ0n) is 11.3. The normalized spacial score (nSPS) is 16.7. The van der Waals surface area contributed by atoms with E-state index in [0.29, 0.717) is 12.1 Å². The Morgan fingerprint density at radius 3 is 0.714 bits per heavy atom. The molecular weight excluding hydrogens is 172 g/mol. The Hall–Kier alpha value is -0.0800. The van der Waals surface area contributed by atoms with Gasteiger partial charge in [-0.15, -0.1) is 0 Å². The molecule has 14 heavy (non-hydrogen) atoms. The predicted octanol–water partition coefficient (Wildman–Crippen LogP) is 2.76. The highest BCUT2D eigenvalue weighted by Crippen LogP contribution is 2.16. The van der Waals surface area contributed by atoms with Gasteiger partial charge in [-0.3, -0.25) is 0 Å². The molecule has 0 bridgehead atoms. The summed E-state index contributed by atoms with van der Waals surface area (Å²) in [5, 5.41) is 0. The van der Waals surface area contributed by atoms with Crippen LogP contribution in [0.4, 0.5) is 0 Å². The van der Waals surface area contributed by atoms with Crippen LogP contribution in [-0.2, 0) is 0 Å². The molecule has 0 aliphatic rings. The van der Waals surface area contributed by atoms with Crippen LogP contribution in [0.25, 0.3) is 0 Å². The molecular formula is C12H30N2. The molecule has 4 N–H and O–H groups in total. The van der Waals surface area contributed by atoms with E-state index in [0.717, 1.165) is 0 Å². The van der Waals surface area contributed by atoms with Crippen LogP contribution in [-0.4, -0.2) is 12.1 Å². The summed E-state index contributed by atoms with van der Waals surface area (Å²) in [5.41, 5.74) is 11.7. The molecule has 0 fully saturated rings. The van der Waals surface area contributed by atoms with Gasteiger partial charge in [0.15, 0.2) is 0 Å². The maximum atomic E-state index is 5.57. The van der Waals surface area contributed by atoms with Gasteiger partial charge in [0.2, 0.25) is 0 Å². The highest BCUT2D eigenvalue weighted by atomic mass is 14.6. The fourth-order valence-electron chi connectivity index (χ4n) is 0. The van der Waals surface area contributed by atoms with Crippen LogP contribution in [0.5, 0.6) is 0 Å². The van der Waals surface area contributed by atoms with Crippen molar-refractivity contribution in [2.45, 2.75) is 67.5 Å². The lowest BCUT2D eigenvalue weighted by atomic mass is 9.89. The molecule has 88 valence electrons. The van der Waals surface area contributed by atoms with Gasteiger partial charge in [-0.25, -0.2) is 0 Å². The summed E-state index contributed by atoms with van der Waals surface area (Å²) in [6, 6.07) is 0.597. The molecule has 0 aromatic carbocycles. The Labute approximate surface area is 90.4 Å². The van der Waals surface area contributed by atoms with Gasteiger partial charge >= 0.3 is 0 Å². The second-order valence-electron chi connectivity index (χ2n) is 6.31. The van der Waals surface area contributed by atoms with Crippen molar-refractivity contribution in [3.8, 4) is 0 Å². The van der Waals surface area contributed by atoms with Gasteiger partial charge < -0.3 is 11.5 Å². The first-order chi connectivity index (χ1) is 5.89. The summed E-state index contributed by atoms with van der Waals surface area (Å²) >= 11 is 0. The average Bonchev–Trinajstić information content (AvgIpc) is 1.83. The van der Waals surface area contributed by atoms with Crippen LogP contribution in [0.2, 0.25) is 0 Å². The summed E-state index contributed by atoms with van der Waals surface area (Å²) in [4.78, 5) is 0. The topological polar surface area (TPSA) is 52.0 Å². The van der Waals surface area contributed by atoms with Crippen molar-refractivity contribution in [3.05, 3.63) is 0 Å². The zero-order valence-corrected chi connectivity index (χ0v) is 11.3. The van der Waals surface area contributed by atoms with Gasteiger partial charge in [-0.05, 0) is 24.7 Å². The van der Waals surface area contributed by atoms with E-state index in [1.54, 1.807) is 0 Å². The fourth-order valence-corrected chi connectivity index (χ4v) is 0. The van der Waals surface area contributed by atoms with E-state index in [4.69, 9.17) is 11.5 Å². The molecule has 0 amide bonds. The third-order valence-corrected chi connectivity index (χ3v) is 2.73. The standard InChI is InChI=1S/2C6H15N/c2*1-5(7)6(2,3)4/h2*5H,7H2,1-4H3. The first-order valence-corrected chi connectivity index (χ1v) is 5.40. The van der Waals surface area contributed by atoms with E-state index in [9.17, 15) is 0 Å². The lowest BCUT2D eigenvalue weighted by Gasteiger charge is -2.22. The predicted molar refractivity (Wildman–Crippen MR) is 66.2 cm³/mol. The molecule has 0 heterocycles. The second-order valence-corrected chi connectivity index (χ2v) is 6.31. The van der Waals surface area contributed by atoms with Gasteiger partial charge in [-0.2, -0.15) is 0 Å². The minimum absolute atomic E-state index is 0.278. The summed E-state index contributed by atoms with van der Waals surface area (Å²) in [5.74, 6) is 0. The molecule has 0 radical (unpaired) electrons. The van der Waals surface area contributed by atoms with Crippen LogP contribution in [0.15, 0.2) is 0 Å². The van der Waals surface area contributed by atoms with Gasteiger partial charge in [0, 0.05) is 12.1 Å². The van der Waals surface area contributed by atoms with Crippen molar-refractivity contribution in [1.82, 2.24) is 0 Å². The zero-order chi connectivity index (χ0) is 12.2. The fraction of sp³-hybridized carbons (Fsp3) is 1.00. The molecule has 0 rings (SSSR count). The quantitative estimate of drug-likeness (QED) is 0.634. The number of nitrogens with two attached hydrogens (primary N) is 2. The molecule has 2 atom stereocenters. The lowest BCUT2D eigenvalue weighted by Crippen LogP contribution is -2.31. The second kappa shape index (κ2) is 5.72. The molecule has 2 nitrogen and oxygen atoms in total. The van der Waals surface area contributed by atoms with Crippen molar-refractivity contribution in [3.63, 3.8) is 0 Å². The van der Waals surface area contributed by atoms with Crippen molar-refractivity contribution >= 4 is 0 Å². The molecule has 0 aromatic rings. The van der Waals surface area contributed by atoms with Crippen molar-refractivity contribution in [2.75, 3.05) is 0 Å². The maximum Gasteiger partial charge on any atom is 0.00591 e. The average molecular weight is 202 g/mol. The third kappa shape index (κ3) is 10.0. The van der Waals surface area contributed by atoms with Crippen molar-refractivity contribution in [1.29, 1.82) is 0 Å². The largest absolute Gasteiger partial charge is 0.327 e. The first-order valence-electron chi connectivity index (χ1n) is 5.40. The molecule has 0 saturated heterocycles. The Morgan fingerprint density at radius 2 is 0.714 bits per heavy atom. The number of hydrogen-bond acceptors (Lipinski definition) is 2. The Morgan fingerprint density at radius 1 is 0.643 bits per heavy atom. The highest BCUT2D eigenvalue weighted by molar-refractivity contribution is 4.71. The van der Waals surface area contributed by atoms with E-state index >= 15 is 0 Å². The summed E-state index contributed by atoms with van der Waals surface area (Å²) in [7, 11) is 0. The molecule has 0 spiro atoms. The molecule has 0 aliphatic heterocycles. The van der Waals surface area contributed by atoms with Gasteiger partial charge in [0.25, 0.3) is 0 Å².